The number of aliphatic hydroxyl groups is 1. The van der Waals surface area contributed by atoms with Crippen LogP contribution < -0.4 is 0 Å². The van der Waals surface area contributed by atoms with Crippen LogP contribution >= 0.6 is 0 Å². The first-order valence-corrected chi connectivity index (χ1v) is 7.59. The van der Waals surface area contributed by atoms with Crippen molar-refractivity contribution >= 4 is 17.3 Å². The zero-order chi connectivity index (χ0) is 16.3. The molecule has 1 aromatic carbocycles. The van der Waals surface area contributed by atoms with E-state index in [0.29, 0.717) is 17.5 Å². The molecule has 0 unspecified atom stereocenters. The Morgan fingerprint density at radius 3 is 2.32 bits per heavy atom. The van der Waals surface area contributed by atoms with Crippen molar-refractivity contribution in [3.63, 3.8) is 0 Å². The maximum atomic E-state index is 12.1. The van der Waals surface area contributed by atoms with Crippen LogP contribution in [0.4, 0.5) is 0 Å². The number of rotatable bonds is 4. The van der Waals surface area contributed by atoms with Gasteiger partial charge in [-0.2, -0.15) is 0 Å². The Labute approximate surface area is 131 Å². The molecule has 22 heavy (non-hydrogen) atoms. The fourth-order valence-electron chi connectivity index (χ4n) is 2.48. The molecule has 3 nitrogen and oxygen atoms in total. The Hall–Kier alpha value is -2.16. The maximum Gasteiger partial charge on any atom is 0.234 e. The third-order valence-electron chi connectivity index (χ3n) is 3.61. The van der Waals surface area contributed by atoms with E-state index in [4.69, 9.17) is 0 Å². The lowest BCUT2D eigenvalue weighted by Gasteiger charge is -2.17. The molecule has 1 aliphatic carbocycles. The van der Waals surface area contributed by atoms with E-state index in [9.17, 15) is 14.7 Å². The van der Waals surface area contributed by atoms with Gasteiger partial charge in [0.1, 0.15) is 5.76 Å². The van der Waals surface area contributed by atoms with Gasteiger partial charge in [-0.3, -0.25) is 9.59 Å². The summed E-state index contributed by atoms with van der Waals surface area (Å²) < 4.78 is 0. The van der Waals surface area contributed by atoms with Crippen LogP contribution in [0.3, 0.4) is 0 Å². The number of carbonyl (C=O) groups is 2. The highest BCUT2D eigenvalue weighted by Gasteiger charge is 2.31. The van der Waals surface area contributed by atoms with Crippen molar-refractivity contribution in [2.75, 3.05) is 0 Å². The molecule has 2 rings (SSSR count). The predicted molar refractivity (Wildman–Crippen MR) is 87.8 cm³/mol. The molecule has 116 valence electrons. The average molecular weight is 298 g/mol. The van der Waals surface area contributed by atoms with Gasteiger partial charge in [-0.15, -0.1) is 0 Å². The molecule has 3 heteroatoms. The minimum atomic E-state index is -0.573. The molecular weight excluding hydrogens is 276 g/mol. The van der Waals surface area contributed by atoms with E-state index in [1.165, 1.54) is 0 Å². The van der Waals surface area contributed by atoms with Crippen LogP contribution in [-0.2, 0) is 4.79 Å². The van der Waals surface area contributed by atoms with E-state index in [1.807, 2.05) is 0 Å². The topological polar surface area (TPSA) is 54.4 Å². The molecular formula is C19H22O3. The van der Waals surface area contributed by atoms with E-state index in [1.54, 1.807) is 24.3 Å². The minimum Gasteiger partial charge on any atom is -0.507 e. The molecule has 1 aliphatic rings. The molecule has 0 spiro atoms. The van der Waals surface area contributed by atoms with Gasteiger partial charge in [-0.1, -0.05) is 57.2 Å². The maximum absolute atomic E-state index is 12.1. The molecule has 1 N–H and O–H groups in total. The van der Waals surface area contributed by atoms with Gasteiger partial charge in [-0.25, -0.2) is 0 Å². The summed E-state index contributed by atoms with van der Waals surface area (Å²) in [6, 6.07) is 6.70. The molecule has 0 saturated heterocycles. The second-order valence-electron chi connectivity index (χ2n) is 6.69. The highest BCUT2D eigenvalue weighted by Crippen LogP contribution is 2.30. The largest absolute Gasteiger partial charge is 0.507 e. The van der Waals surface area contributed by atoms with Gasteiger partial charge in [0.15, 0.2) is 0 Å². The highest BCUT2D eigenvalue weighted by molar-refractivity contribution is 6.52. The zero-order valence-corrected chi connectivity index (χ0v) is 13.3. The predicted octanol–water partition coefficient (Wildman–Crippen LogP) is 4.49. The summed E-state index contributed by atoms with van der Waals surface area (Å²) in [5, 5.41) is 10.3. The third-order valence-corrected chi connectivity index (χ3v) is 3.61. The summed E-state index contributed by atoms with van der Waals surface area (Å²) >= 11 is 0. The lowest BCUT2D eigenvalue weighted by molar-refractivity contribution is -0.112. The van der Waals surface area contributed by atoms with Gasteiger partial charge in [-0.05, 0) is 24.7 Å². The standard InChI is InChI=1S/C19H22O3/c1-19(2,3)12-8-4-5-11-15-16(20)13-9-6-7-10-14(13)17(21)18(15)22/h6-10,12,20H,4-5,11H2,1-3H3. The third kappa shape index (κ3) is 3.53. The Kier molecular flexibility index (Phi) is 4.65. The summed E-state index contributed by atoms with van der Waals surface area (Å²) in [6.07, 6.45) is 6.18. The Morgan fingerprint density at radius 1 is 1.05 bits per heavy atom. The van der Waals surface area contributed by atoms with Crippen LogP contribution in [0.25, 0.3) is 5.76 Å². The first-order valence-electron chi connectivity index (χ1n) is 7.59. The van der Waals surface area contributed by atoms with Gasteiger partial charge in [0.2, 0.25) is 11.6 Å². The number of fused-ring (bicyclic) bond motifs is 1. The summed E-state index contributed by atoms with van der Waals surface area (Å²) in [5.41, 5.74) is 1.14. The molecule has 1 aromatic rings. The van der Waals surface area contributed by atoms with Gasteiger partial charge in [0, 0.05) is 16.7 Å². The SMILES string of the molecule is CC(C)(C)C=CCCCC1=C(O)c2ccccc2C(=O)C1=O. The molecule has 0 aliphatic heterocycles. The molecule has 0 saturated carbocycles. The summed E-state index contributed by atoms with van der Waals surface area (Å²) in [7, 11) is 0. The quantitative estimate of drug-likeness (QED) is 0.506. The number of aliphatic hydroxyl groups excluding tert-OH is 1. The van der Waals surface area contributed by atoms with E-state index < -0.39 is 11.6 Å². The van der Waals surface area contributed by atoms with Crippen LogP contribution in [0.15, 0.2) is 42.0 Å². The van der Waals surface area contributed by atoms with Gasteiger partial charge in [0.05, 0.1) is 0 Å². The zero-order valence-electron chi connectivity index (χ0n) is 13.3. The first kappa shape index (κ1) is 16.2. The number of Topliss-reactive ketones (excluding diaryl/α,β-unsaturated/α-hetero) is 2. The van der Waals surface area contributed by atoms with Crippen LogP contribution in [0.5, 0.6) is 0 Å². The van der Waals surface area contributed by atoms with Crippen molar-refractivity contribution in [1.82, 2.24) is 0 Å². The lowest BCUT2D eigenvalue weighted by Crippen LogP contribution is -2.24. The average Bonchev–Trinajstić information content (AvgIpc) is 2.46. The number of unbranched alkanes of at least 4 members (excludes halogenated alkanes) is 1. The number of ketones is 2. The van der Waals surface area contributed by atoms with Gasteiger partial charge < -0.3 is 5.11 Å². The van der Waals surface area contributed by atoms with Crippen LogP contribution in [-0.4, -0.2) is 16.7 Å². The molecule has 0 bridgehead atoms. The Balaban J connectivity index is 2.12. The fraction of sp³-hybridized carbons (Fsp3) is 0.368. The van der Waals surface area contributed by atoms with Crippen LogP contribution in [0.2, 0.25) is 0 Å². The molecule has 0 radical (unpaired) electrons. The monoisotopic (exact) mass is 298 g/mol. The first-order chi connectivity index (χ1) is 10.3. The summed E-state index contributed by atoms with van der Waals surface area (Å²) in [6.45, 7) is 6.37. The van der Waals surface area contributed by atoms with Crippen molar-refractivity contribution in [3.05, 3.63) is 53.1 Å². The summed E-state index contributed by atoms with van der Waals surface area (Å²) in [5.74, 6) is -1.13. The number of hydrogen-bond donors (Lipinski definition) is 1. The smallest absolute Gasteiger partial charge is 0.234 e. The minimum absolute atomic E-state index is 0.0417. The summed E-state index contributed by atoms with van der Waals surface area (Å²) in [4.78, 5) is 24.2. The highest BCUT2D eigenvalue weighted by atomic mass is 16.3. The second-order valence-corrected chi connectivity index (χ2v) is 6.69. The lowest BCUT2D eigenvalue weighted by atomic mass is 9.86. The van der Waals surface area contributed by atoms with E-state index in [0.717, 1.165) is 12.8 Å². The van der Waals surface area contributed by atoms with Crippen molar-refractivity contribution in [3.8, 4) is 0 Å². The van der Waals surface area contributed by atoms with Crippen molar-refractivity contribution in [1.29, 1.82) is 0 Å². The fourth-order valence-corrected chi connectivity index (χ4v) is 2.48. The normalized spacial score (nSPS) is 15.6. The van der Waals surface area contributed by atoms with Crippen molar-refractivity contribution in [2.24, 2.45) is 5.41 Å². The molecule has 0 heterocycles. The van der Waals surface area contributed by atoms with Gasteiger partial charge in [0.25, 0.3) is 0 Å². The molecule has 0 fully saturated rings. The second kappa shape index (κ2) is 6.30. The van der Waals surface area contributed by atoms with Crippen molar-refractivity contribution < 1.29 is 14.7 Å². The number of carbonyl (C=O) groups excluding carboxylic acids is 2. The number of hydrogen-bond acceptors (Lipinski definition) is 3. The number of benzene rings is 1. The number of allylic oxidation sites excluding steroid dienone is 3. The molecule has 0 amide bonds. The van der Waals surface area contributed by atoms with Crippen molar-refractivity contribution in [2.45, 2.75) is 40.0 Å². The van der Waals surface area contributed by atoms with Crippen LogP contribution in [0, 0.1) is 5.41 Å². The molecule has 0 atom stereocenters. The van der Waals surface area contributed by atoms with E-state index in [-0.39, 0.29) is 16.7 Å². The Morgan fingerprint density at radius 2 is 1.68 bits per heavy atom. The Bertz CT molecular complexity index is 658. The van der Waals surface area contributed by atoms with Gasteiger partial charge >= 0.3 is 0 Å². The van der Waals surface area contributed by atoms with E-state index in [2.05, 4.69) is 32.9 Å². The van der Waals surface area contributed by atoms with Crippen LogP contribution in [0.1, 0.15) is 56.0 Å². The molecule has 0 aromatic heterocycles. The van der Waals surface area contributed by atoms with E-state index >= 15 is 0 Å².